The van der Waals surface area contributed by atoms with Crippen molar-refractivity contribution in [1.82, 2.24) is 9.88 Å². The Kier molecular flexibility index (Phi) is 16.1. The molecular formula is C29H48N2O5. The van der Waals surface area contributed by atoms with E-state index in [1.165, 1.54) is 77.6 Å². The summed E-state index contributed by atoms with van der Waals surface area (Å²) in [6.07, 6.45) is 17.7. The van der Waals surface area contributed by atoms with Crippen molar-refractivity contribution in [3.63, 3.8) is 0 Å². The number of imide groups is 1. The maximum absolute atomic E-state index is 12.4. The summed E-state index contributed by atoms with van der Waals surface area (Å²) in [6.45, 7) is 5.95. The maximum Gasteiger partial charge on any atom is 0.416 e. The molecule has 0 aromatic carbocycles. The van der Waals surface area contributed by atoms with Crippen LogP contribution in [0.2, 0.25) is 0 Å². The molecule has 7 nitrogen and oxygen atoms in total. The normalized spacial score (nSPS) is 17.3. The molecule has 1 aliphatic heterocycles. The second-order valence-corrected chi connectivity index (χ2v) is 10.0. The fourth-order valence-corrected chi connectivity index (χ4v) is 4.51. The van der Waals surface area contributed by atoms with Crippen LogP contribution in [0.5, 0.6) is 0 Å². The van der Waals surface area contributed by atoms with Crippen LogP contribution in [0.15, 0.2) is 24.4 Å². The lowest BCUT2D eigenvalue weighted by molar-refractivity contribution is -0.128. The van der Waals surface area contributed by atoms with Gasteiger partial charge in [-0.1, -0.05) is 83.6 Å². The van der Waals surface area contributed by atoms with Gasteiger partial charge < -0.3 is 14.2 Å². The van der Waals surface area contributed by atoms with E-state index in [0.29, 0.717) is 24.8 Å². The molecule has 0 saturated carbocycles. The minimum Gasteiger partial charge on any atom is -0.446 e. The molecule has 0 radical (unpaired) electrons. The third kappa shape index (κ3) is 13.4. The summed E-state index contributed by atoms with van der Waals surface area (Å²) in [7, 11) is 0. The Balaban J connectivity index is 1.45. The van der Waals surface area contributed by atoms with Gasteiger partial charge in [0.2, 0.25) is 5.91 Å². The smallest absolute Gasteiger partial charge is 0.416 e. The van der Waals surface area contributed by atoms with E-state index in [-0.39, 0.29) is 25.2 Å². The number of ether oxygens (including phenoxy) is 3. The van der Waals surface area contributed by atoms with Crippen LogP contribution in [0.3, 0.4) is 0 Å². The SMILES string of the molecule is CCCCCCCCCCCCCCOC[C@@H]1CO[C@@H](COC(=O)N(Cc2ccccn2)C(C)=O)C1. The molecule has 0 aliphatic carbocycles. The van der Waals surface area contributed by atoms with Gasteiger partial charge in [0.25, 0.3) is 0 Å². The highest BCUT2D eigenvalue weighted by Crippen LogP contribution is 2.21. The first-order valence-electron chi connectivity index (χ1n) is 14.1. The van der Waals surface area contributed by atoms with Gasteiger partial charge in [-0.3, -0.25) is 9.78 Å². The second-order valence-electron chi connectivity index (χ2n) is 10.0. The van der Waals surface area contributed by atoms with Crippen LogP contribution in [-0.4, -0.2) is 54.4 Å². The molecule has 2 atom stereocenters. The zero-order valence-corrected chi connectivity index (χ0v) is 22.6. The van der Waals surface area contributed by atoms with Crippen molar-refractivity contribution in [2.75, 3.05) is 26.4 Å². The largest absolute Gasteiger partial charge is 0.446 e. The molecule has 1 saturated heterocycles. The predicted molar refractivity (Wildman–Crippen MR) is 142 cm³/mol. The van der Waals surface area contributed by atoms with E-state index in [0.717, 1.165) is 24.3 Å². The summed E-state index contributed by atoms with van der Waals surface area (Å²) in [4.78, 5) is 29.6. The van der Waals surface area contributed by atoms with Crippen LogP contribution in [0, 0.1) is 5.92 Å². The van der Waals surface area contributed by atoms with Crippen molar-refractivity contribution in [3.8, 4) is 0 Å². The molecule has 2 amide bonds. The van der Waals surface area contributed by atoms with Crippen LogP contribution in [-0.2, 0) is 25.5 Å². The van der Waals surface area contributed by atoms with Crippen molar-refractivity contribution in [2.24, 2.45) is 5.92 Å². The Morgan fingerprint density at radius 2 is 1.64 bits per heavy atom. The Labute approximate surface area is 218 Å². The van der Waals surface area contributed by atoms with E-state index in [4.69, 9.17) is 14.2 Å². The van der Waals surface area contributed by atoms with Gasteiger partial charge in [0.05, 0.1) is 31.6 Å². The zero-order valence-electron chi connectivity index (χ0n) is 22.6. The highest BCUT2D eigenvalue weighted by Gasteiger charge is 2.28. The first-order valence-corrected chi connectivity index (χ1v) is 14.1. The van der Waals surface area contributed by atoms with Crippen LogP contribution >= 0.6 is 0 Å². The van der Waals surface area contributed by atoms with E-state index in [1.807, 2.05) is 6.07 Å². The number of pyridine rings is 1. The van der Waals surface area contributed by atoms with Crippen molar-refractivity contribution >= 4 is 12.0 Å². The molecule has 1 aromatic heterocycles. The third-order valence-corrected chi connectivity index (χ3v) is 6.70. The molecule has 0 bridgehead atoms. The van der Waals surface area contributed by atoms with Gasteiger partial charge in [0, 0.05) is 25.6 Å². The van der Waals surface area contributed by atoms with E-state index in [2.05, 4.69) is 11.9 Å². The number of unbranched alkanes of at least 4 members (excludes halogenated alkanes) is 11. The van der Waals surface area contributed by atoms with Crippen LogP contribution in [0.1, 0.15) is 103 Å². The standard InChI is InChI=1S/C29H48N2O5/c1-3-4-5-6-7-8-9-10-11-12-13-16-19-34-22-26-20-28(35-23-26)24-36-29(33)31(25(2)32)21-27-17-14-15-18-30-27/h14-15,17-18,26,28H,3-13,16,19-24H2,1-2H3/t26-,28-/m1/s1. The monoisotopic (exact) mass is 504 g/mol. The Hall–Kier alpha value is -1.99. The third-order valence-electron chi connectivity index (χ3n) is 6.70. The lowest BCUT2D eigenvalue weighted by Crippen LogP contribution is -2.36. The molecule has 2 heterocycles. The van der Waals surface area contributed by atoms with E-state index in [9.17, 15) is 9.59 Å². The van der Waals surface area contributed by atoms with Gasteiger partial charge in [-0.15, -0.1) is 0 Å². The minimum absolute atomic E-state index is 0.0934. The average molecular weight is 505 g/mol. The molecule has 0 N–H and O–H groups in total. The molecule has 36 heavy (non-hydrogen) atoms. The Morgan fingerprint density at radius 3 is 2.25 bits per heavy atom. The summed E-state index contributed by atoms with van der Waals surface area (Å²) >= 11 is 0. The summed E-state index contributed by atoms with van der Waals surface area (Å²) in [5.74, 6) is -0.0504. The lowest BCUT2D eigenvalue weighted by atomic mass is 10.1. The van der Waals surface area contributed by atoms with Gasteiger partial charge in [0.1, 0.15) is 6.61 Å². The van der Waals surface area contributed by atoms with Crippen molar-refractivity contribution in [3.05, 3.63) is 30.1 Å². The highest BCUT2D eigenvalue weighted by molar-refractivity contribution is 5.90. The fourth-order valence-electron chi connectivity index (χ4n) is 4.51. The number of aromatic nitrogens is 1. The predicted octanol–water partition coefficient (Wildman–Crippen LogP) is 6.69. The van der Waals surface area contributed by atoms with Crippen molar-refractivity contribution < 1.29 is 23.8 Å². The maximum atomic E-state index is 12.4. The summed E-state index contributed by atoms with van der Waals surface area (Å²) < 4.78 is 17.0. The molecule has 0 spiro atoms. The quantitative estimate of drug-likeness (QED) is 0.195. The molecule has 0 unspecified atom stereocenters. The summed E-state index contributed by atoms with van der Waals surface area (Å²) in [5, 5.41) is 0. The van der Waals surface area contributed by atoms with Crippen molar-refractivity contribution in [1.29, 1.82) is 0 Å². The number of nitrogens with zero attached hydrogens (tertiary/aromatic N) is 2. The summed E-state index contributed by atoms with van der Waals surface area (Å²) in [6, 6.07) is 5.37. The van der Waals surface area contributed by atoms with Gasteiger partial charge >= 0.3 is 6.09 Å². The summed E-state index contributed by atoms with van der Waals surface area (Å²) in [5.41, 5.74) is 0.632. The van der Waals surface area contributed by atoms with Crippen LogP contribution in [0.25, 0.3) is 0 Å². The molecular weight excluding hydrogens is 456 g/mol. The number of carbonyl (C=O) groups excluding carboxylic acids is 2. The number of rotatable bonds is 19. The number of amides is 2. The first-order chi connectivity index (χ1) is 17.6. The van der Waals surface area contributed by atoms with Gasteiger partial charge in [-0.05, 0) is 25.0 Å². The Morgan fingerprint density at radius 1 is 0.972 bits per heavy atom. The number of hydrogen-bond donors (Lipinski definition) is 0. The van der Waals surface area contributed by atoms with Gasteiger partial charge in [-0.2, -0.15) is 0 Å². The van der Waals surface area contributed by atoms with Gasteiger partial charge in [-0.25, -0.2) is 9.69 Å². The highest BCUT2D eigenvalue weighted by atomic mass is 16.6. The topological polar surface area (TPSA) is 78.0 Å². The Bertz CT molecular complexity index is 715. The molecule has 2 rings (SSSR count). The van der Waals surface area contributed by atoms with E-state index < -0.39 is 6.09 Å². The fraction of sp³-hybridized carbons (Fsp3) is 0.759. The van der Waals surface area contributed by atoms with E-state index >= 15 is 0 Å². The van der Waals surface area contributed by atoms with Gasteiger partial charge in [0.15, 0.2) is 0 Å². The molecule has 1 aliphatic rings. The molecule has 1 fully saturated rings. The number of hydrogen-bond acceptors (Lipinski definition) is 6. The molecule has 1 aromatic rings. The molecule has 7 heteroatoms. The number of carbonyl (C=O) groups is 2. The van der Waals surface area contributed by atoms with E-state index in [1.54, 1.807) is 18.3 Å². The van der Waals surface area contributed by atoms with Crippen LogP contribution < -0.4 is 0 Å². The second kappa shape index (κ2) is 19.2. The minimum atomic E-state index is -0.663. The van der Waals surface area contributed by atoms with Crippen LogP contribution in [0.4, 0.5) is 4.79 Å². The zero-order chi connectivity index (χ0) is 25.8. The van der Waals surface area contributed by atoms with Crippen molar-refractivity contribution in [2.45, 2.75) is 110 Å². The lowest BCUT2D eigenvalue weighted by Gasteiger charge is -2.19. The average Bonchev–Trinajstić information content (AvgIpc) is 3.34. The first kappa shape index (κ1) is 30.2. The molecule has 204 valence electrons.